The van der Waals surface area contributed by atoms with Gasteiger partial charge in [0.05, 0.1) is 17.6 Å². The molecular weight excluding hydrogens is 226 g/mol. The number of hydrogen-bond acceptors (Lipinski definition) is 3. The highest BCUT2D eigenvalue weighted by molar-refractivity contribution is 5.16. The van der Waals surface area contributed by atoms with Crippen molar-refractivity contribution in [2.24, 2.45) is 7.05 Å². The molecule has 2 aliphatic rings. The standard InChI is InChI=1S/C14H23N3O/c1-16-11-15-12-9-17(8-5-13(12)16)10-14(18)6-3-2-4-7-14/h11,18H,2-10H2,1H3. The van der Waals surface area contributed by atoms with E-state index >= 15 is 0 Å². The first-order valence-electron chi connectivity index (χ1n) is 7.10. The third-order valence-electron chi connectivity index (χ3n) is 4.49. The Hall–Kier alpha value is -0.870. The fourth-order valence-corrected chi connectivity index (χ4v) is 3.43. The van der Waals surface area contributed by atoms with Gasteiger partial charge < -0.3 is 9.67 Å². The predicted molar refractivity (Wildman–Crippen MR) is 70.2 cm³/mol. The fraction of sp³-hybridized carbons (Fsp3) is 0.786. The molecule has 0 spiro atoms. The molecule has 1 aliphatic carbocycles. The van der Waals surface area contributed by atoms with Crippen LogP contribution in [0.25, 0.3) is 0 Å². The van der Waals surface area contributed by atoms with Crippen molar-refractivity contribution in [1.29, 1.82) is 0 Å². The number of rotatable bonds is 2. The Balaban J connectivity index is 1.65. The van der Waals surface area contributed by atoms with Gasteiger partial charge in [0.2, 0.25) is 0 Å². The highest BCUT2D eigenvalue weighted by Crippen LogP contribution is 2.30. The summed E-state index contributed by atoms with van der Waals surface area (Å²) in [5, 5.41) is 10.6. The number of aryl methyl sites for hydroxylation is 1. The summed E-state index contributed by atoms with van der Waals surface area (Å²) in [6.45, 7) is 2.77. The van der Waals surface area contributed by atoms with Gasteiger partial charge in [0.1, 0.15) is 0 Å². The minimum Gasteiger partial charge on any atom is -0.389 e. The third kappa shape index (κ3) is 2.31. The molecule has 0 unspecified atom stereocenters. The molecule has 0 amide bonds. The highest BCUT2D eigenvalue weighted by Gasteiger charge is 2.32. The van der Waals surface area contributed by atoms with Crippen LogP contribution >= 0.6 is 0 Å². The SMILES string of the molecule is Cn1cnc2c1CCN(CC1(O)CCCCC1)C2. The molecule has 1 aliphatic heterocycles. The van der Waals surface area contributed by atoms with E-state index in [0.29, 0.717) is 0 Å². The summed E-state index contributed by atoms with van der Waals surface area (Å²) in [7, 11) is 2.07. The zero-order valence-corrected chi connectivity index (χ0v) is 11.2. The molecule has 4 heteroatoms. The minimum absolute atomic E-state index is 0.440. The van der Waals surface area contributed by atoms with Crippen LogP contribution < -0.4 is 0 Å². The second-order valence-corrected chi connectivity index (χ2v) is 5.99. The fourth-order valence-electron chi connectivity index (χ4n) is 3.43. The van der Waals surface area contributed by atoms with Crippen molar-refractivity contribution in [2.75, 3.05) is 13.1 Å². The van der Waals surface area contributed by atoms with Crippen LogP contribution in [0.3, 0.4) is 0 Å². The molecule has 0 saturated heterocycles. The van der Waals surface area contributed by atoms with Crippen molar-refractivity contribution in [1.82, 2.24) is 14.5 Å². The van der Waals surface area contributed by atoms with E-state index in [1.807, 2.05) is 6.33 Å². The molecule has 2 heterocycles. The summed E-state index contributed by atoms with van der Waals surface area (Å²) in [6.07, 6.45) is 8.55. The van der Waals surface area contributed by atoms with Crippen LogP contribution in [0.4, 0.5) is 0 Å². The van der Waals surface area contributed by atoms with Gasteiger partial charge >= 0.3 is 0 Å². The number of hydrogen-bond donors (Lipinski definition) is 1. The normalized spacial score (nSPS) is 23.9. The quantitative estimate of drug-likeness (QED) is 0.863. The Labute approximate surface area is 109 Å². The molecule has 1 saturated carbocycles. The van der Waals surface area contributed by atoms with E-state index in [4.69, 9.17) is 0 Å². The lowest BCUT2D eigenvalue weighted by molar-refractivity contribution is -0.0295. The van der Waals surface area contributed by atoms with Gasteiger partial charge in [-0.3, -0.25) is 4.90 Å². The summed E-state index contributed by atoms with van der Waals surface area (Å²) in [6, 6.07) is 0. The maximum atomic E-state index is 10.6. The molecule has 4 nitrogen and oxygen atoms in total. The van der Waals surface area contributed by atoms with Crippen LogP contribution in [0.5, 0.6) is 0 Å². The molecular formula is C14H23N3O. The Morgan fingerprint density at radius 1 is 1.33 bits per heavy atom. The van der Waals surface area contributed by atoms with Crippen molar-refractivity contribution in [2.45, 2.75) is 50.7 Å². The zero-order chi connectivity index (χ0) is 12.6. The Morgan fingerprint density at radius 2 is 2.11 bits per heavy atom. The second kappa shape index (κ2) is 4.67. The Morgan fingerprint density at radius 3 is 2.89 bits per heavy atom. The van der Waals surface area contributed by atoms with Gasteiger partial charge in [0.15, 0.2) is 0 Å². The number of nitrogens with zero attached hydrogens (tertiary/aromatic N) is 3. The van der Waals surface area contributed by atoms with Gasteiger partial charge in [-0.25, -0.2) is 4.98 Å². The van der Waals surface area contributed by atoms with E-state index in [-0.39, 0.29) is 0 Å². The van der Waals surface area contributed by atoms with Crippen LogP contribution in [0.15, 0.2) is 6.33 Å². The summed E-state index contributed by atoms with van der Waals surface area (Å²) >= 11 is 0. The summed E-state index contributed by atoms with van der Waals surface area (Å²) < 4.78 is 2.13. The van der Waals surface area contributed by atoms with Gasteiger partial charge in [0.25, 0.3) is 0 Å². The number of imidazole rings is 1. The lowest BCUT2D eigenvalue weighted by Gasteiger charge is -2.38. The van der Waals surface area contributed by atoms with Gasteiger partial charge in [-0.05, 0) is 12.8 Å². The van der Waals surface area contributed by atoms with E-state index in [1.165, 1.54) is 30.7 Å². The van der Waals surface area contributed by atoms with Crippen molar-refractivity contribution >= 4 is 0 Å². The molecule has 1 fully saturated rings. The van der Waals surface area contributed by atoms with Crippen molar-refractivity contribution in [3.05, 3.63) is 17.7 Å². The van der Waals surface area contributed by atoms with Crippen LogP contribution in [-0.4, -0.2) is 38.2 Å². The van der Waals surface area contributed by atoms with Crippen molar-refractivity contribution in [3.63, 3.8) is 0 Å². The van der Waals surface area contributed by atoms with Gasteiger partial charge in [-0.2, -0.15) is 0 Å². The zero-order valence-electron chi connectivity index (χ0n) is 11.2. The van der Waals surface area contributed by atoms with E-state index in [1.54, 1.807) is 0 Å². The Kier molecular flexibility index (Phi) is 3.16. The average Bonchev–Trinajstić information content (AvgIpc) is 2.71. The van der Waals surface area contributed by atoms with E-state index < -0.39 is 5.60 Å². The number of fused-ring (bicyclic) bond motifs is 1. The maximum Gasteiger partial charge on any atom is 0.0949 e. The molecule has 0 bridgehead atoms. The van der Waals surface area contributed by atoms with Gasteiger partial charge in [0, 0.05) is 38.8 Å². The van der Waals surface area contributed by atoms with E-state index in [2.05, 4.69) is 21.5 Å². The first kappa shape index (κ1) is 12.2. The van der Waals surface area contributed by atoms with E-state index in [0.717, 1.165) is 38.9 Å². The van der Waals surface area contributed by atoms with Crippen LogP contribution in [-0.2, 0) is 20.0 Å². The van der Waals surface area contributed by atoms with Crippen molar-refractivity contribution < 1.29 is 5.11 Å². The largest absolute Gasteiger partial charge is 0.389 e. The molecule has 1 N–H and O–H groups in total. The molecule has 100 valence electrons. The predicted octanol–water partition coefficient (Wildman–Crippen LogP) is 1.47. The van der Waals surface area contributed by atoms with Crippen LogP contribution in [0.2, 0.25) is 0 Å². The smallest absolute Gasteiger partial charge is 0.0949 e. The monoisotopic (exact) mass is 249 g/mol. The minimum atomic E-state index is -0.440. The first-order valence-corrected chi connectivity index (χ1v) is 7.10. The molecule has 18 heavy (non-hydrogen) atoms. The number of aromatic nitrogens is 2. The van der Waals surface area contributed by atoms with E-state index in [9.17, 15) is 5.11 Å². The molecule has 3 rings (SSSR count). The molecule has 0 atom stereocenters. The molecule has 1 aromatic heterocycles. The summed E-state index contributed by atoms with van der Waals surface area (Å²) in [5.41, 5.74) is 2.12. The third-order valence-corrected chi connectivity index (χ3v) is 4.49. The molecule has 1 aromatic rings. The number of aliphatic hydroxyl groups is 1. The first-order chi connectivity index (χ1) is 8.66. The Bertz CT molecular complexity index is 421. The highest BCUT2D eigenvalue weighted by atomic mass is 16.3. The summed E-state index contributed by atoms with van der Waals surface area (Å²) in [4.78, 5) is 6.84. The van der Waals surface area contributed by atoms with Crippen LogP contribution in [0.1, 0.15) is 43.5 Å². The molecule has 0 radical (unpaired) electrons. The average molecular weight is 249 g/mol. The lowest BCUT2D eigenvalue weighted by Crippen LogP contribution is -2.46. The van der Waals surface area contributed by atoms with Crippen molar-refractivity contribution in [3.8, 4) is 0 Å². The lowest BCUT2D eigenvalue weighted by atomic mass is 9.84. The topological polar surface area (TPSA) is 41.3 Å². The number of β-amino-alcohol motifs (C(OH)–C–C–N with tert-alkyl or cyclic N) is 1. The second-order valence-electron chi connectivity index (χ2n) is 5.99. The summed E-state index contributed by atoms with van der Waals surface area (Å²) in [5.74, 6) is 0. The van der Waals surface area contributed by atoms with Crippen LogP contribution in [0, 0.1) is 0 Å². The molecule has 0 aromatic carbocycles. The van der Waals surface area contributed by atoms with Gasteiger partial charge in [-0.15, -0.1) is 0 Å². The van der Waals surface area contributed by atoms with Gasteiger partial charge in [-0.1, -0.05) is 19.3 Å². The maximum absolute atomic E-state index is 10.6.